The molecule has 1 fully saturated rings. The lowest BCUT2D eigenvalue weighted by molar-refractivity contribution is -0.141. The summed E-state index contributed by atoms with van der Waals surface area (Å²) in [7, 11) is 0. The summed E-state index contributed by atoms with van der Waals surface area (Å²) in [6.07, 6.45) is 7.31. The third-order valence-electron chi connectivity index (χ3n) is 4.10. The Hall–Kier alpha value is -1.26. The van der Waals surface area contributed by atoms with Crippen molar-refractivity contribution in [1.29, 1.82) is 0 Å². The Kier molecular flexibility index (Phi) is 7.41. The molecule has 2 unspecified atom stereocenters. The van der Waals surface area contributed by atoms with Crippen molar-refractivity contribution in [3.63, 3.8) is 0 Å². The summed E-state index contributed by atoms with van der Waals surface area (Å²) in [4.78, 5) is 22.4. The smallest absolute Gasteiger partial charge is 0.315 e. The molecule has 2 amide bonds. The molecule has 1 saturated carbocycles. The van der Waals surface area contributed by atoms with Crippen LogP contribution in [-0.2, 0) is 4.79 Å². The maximum Gasteiger partial charge on any atom is 0.315 e. The second kappa shape index (κ2) is 8.82. The highest BCUT2D eigenvalue weighted by Gasteiger charge is 2.16. The van der Waals surface area contributed by atoms with Gasteiger partial charge in [-0.3, -0.25) is 4.79 Å². The molecule has 5 nitrogen and oxygen atoms in total. The zero-order valence-corrected chi connectivity index (χ0v) is 12.7. The van der Waals surface area contributed by atoms with Gasteiger partial charge in [0.25, 0.3) is 0 Å². The van der Waals surface area contributed by atoms with Gasteiger partial charge in [0.2, 0.25) is 0 Å². The van der Waals surface area contributed by atoms with Crippen LogP contribution in [-0.4, -0.2) is 29.7 Å². The van der Waals surface area contributed by atoms with Gasteiger partial charge in [-0.25, -0.2) is 4.79 Å². The highest BCUT2D eigenvalue weighted by atomic mass is 16.4. The van der Waals surface area contributed by atoms with Gasteiger partial charge in [0.15, 0.2) is 0 Å². The van der Waals surface area contributed by atoms with Crippen LogP contribution in [0.1, 0.15) is 58.8 Å². The molecule has 20 heavy (non-hydrogen) atoms. The number of hydrogen-bond acceptors (Lipinski definition) is 2. The summed E-state index contributed by atoms with van der Waals surface area (Å²) in [6, 6.07) is -0.0183. The van der Waals surface area contributed by atoms with Crippen molar-refractivity contribution in [2.45, 2.75) is 64.8 Å². The van der Waals surface area contributed by atoms with Gasteiger partial charge in [0.05, 0.1) is 5.92 Å². The fourth-order valence-corrected chi connectivity index (χ4v) is 2.65. The summed E-state index contributed by atoms with van der Waals surface area (Å²) in [5, 5.41) is 14.6. The van der Waals surface area contributed by atoms with Gasteiger partial charge in [-0.05, 0) is 38.5 Å². The second-order valence-corrected chi connectivity index (χ2v) is 6.08. The summed E-state index contributed by atoms with van der Waals surface area (Å²) < 4.78 is 0. The molecule has 0 heterocycles. The monoisotopic (exact) mass is 284 g/mol. The fraction of sp³-hybridized carbons (Fsp3) is 0.867. The van der Waals surface area contributed by atoms with E-state index in [-0.39, 0.29) is 18.0 Å². The van der Waals surface area contributed by atoms with Crippen molar-refractivity contribution in [2.75, 3.05) is 6.54 Å². The Morgan fingerprint density at radius 2 is 1.85 bits per heavy atom. The molecular formula is C15H28N2O3. The van der Waals surface area contributed by atoms with E-state index in [4.69, 9.17) is 5.11 Å². The first-order valence-corrected chi connectivity index (χ1v) is 7.76. The van der Waals surface area contributed by atoms with Gasteiger partial charge in [-0.1, -0.05) is 26.2 Å². The van der Waals surface area contributed by atoms with Crippen LogP contribution in [0.4, 0.5) is 4.79 Å². The highest BCUT2D eigenvalue weighted by molar-refractivity contribution is 5.74. The molecule has 3 N–H and O–H groups in total. The van der Waals surface area contributed by atoms with Crippen molar-refractivity contribution in [1.82, 2.24) is 10.6 Å². The Morgan fingerprint density at radius 3 is 2.45 bits per heavy atom. The Labute approximate surface area is 121 Å². The summed E-state index contributed by atoms with van der Waals surface area (Å²) >= 11 is 0. The van der Waals surface area contributed by atoms with Crippen LogP contribution in [0.2, 0.25) is 0 Å². The number of carbonyl (C=O) groups is 2. The summed E-state index contributed by atoms with van der Waals surface area (Å²) in [5.74, 6) is -0.411. The van der Waals surface area contributed by atoms with Crippen molar-refractivity contribution < 1.29 is 14.7 Å². The standard InChI is InChI=1S/C15H28N2O3/c1-11(14(18)19)6-5-7-12(2)17-15(20)16-10-13-8-3-4-9-13/h11-13H,3-10H2,1-2H3,(H,18,19)(H2,16,17,20). The highest BCUT2D eigenvalue weighted by Crippen LogP contribution is 2.23. The lowest BCUT2D eigenvalue weighted by Gasteiger charge is -2.16. The molecule has 1 aliphatic carbocycles. The normalized spacial score (nSPS) is 18.5. The lowest BCUT2D eigenvalue weighted by atomic mass is 10.0. The number of urea groups is 1. The molecule has 1 rings (SSSR count). The van der Waals surface area contributed by atoms with E-state index in [1.807, 2.05) is 6.92 Å². The van der Waals surface area contributed by atoms with E-state index in [9.17, 15) is 9.59 Å². The topological polar surface area (TPSA) is 78.4 Å². The number of nitrogens with one attached hydrogen (secondary N) is 2. The predicted molar refractivity (Wildman–Crippen MR) is 78.6 cm³/mol. The number of rotatable bonds is 8. The quantitative estimate of drug-likeness (QED) is 0.641. The molecule has 5 heteroatoms. The van der Waals surface area contributed by atoms with Gasteiger partial charge in [-0.2, -0.15) is 0 Å². The van der Waals surface area contributed by atoms with Crippen LogP contribution < -0.4 is 10.6 Å². The molecular weight excluding hydrogens is 256 g/mol. The molecule has 0 bridgehead atoms. The molecule has 0 aromatic carbocycles. The lowest BCUT2D eigenvalue weighted by Crippen LogP contribution is -2.42. The van der Waals surface area contributed by atoms with Gasteiger partial charge in [-0.15, -0.1) is 0 Å². The van der Waals surface area contributed by atoms with Crippen LogP contribution in [0.25, 0.3) is 0 Å². The average Bonchev–Trinajstić information content (AvgIpc) is 2.89. The molecule has 116 valence electrons. The SMILES string of the molecule is CC(CCCC(C)C(=O)O)NC(=O)NCC1CCCC1. The maximum atomic E-state index is 11.7. The maximum absolute atomic E-state index is 11.7. The minimum absolute atomic E-state index is 0.0829. The van der Waals surface area contributed by atoms with Crippen molar-refractivity contribution in [3.05, 3.63) is 0 Å². The molecule has 0 aliphatic heterocycles. The van der Waals surface area contributed by atoms with Gasteiger partial charge in [0.1, 0.15) is 0 Å². The van der Waals surface area contributed by atoms with E-state index in [1.54, 1.807) is 6.92 Å². The van der Waals surface area contributed by atoms with Crippen molar-refractivity contribution >= 4 is 12.0 Å². The number of carboxylic acid groups (broad SMARTS) is 1. The number of hydrogen-bond donors (Lipinski definition) is 3. The number of carbonyl (C=O) groups excluding carboxylic acids is 1. The largest absolute Gasteiger partial charge is 0.481 e. The van der Waals surface area contributed by atoms with Gasteiger partial charge < -0.3 is 15.7 Å². The molecule has 0 aromatic rings. The van der Waals surface area contributed by atoms with E-state index in [0.29, 0.717) is 12.3 Å². The van der Waals surface area contributed by atoms with E-state index < -0.39 is 5.97 Å². The van der Waals surface area contributed by atoms with E-state index >= 15 is 0 Å². The zero-order valence-electron chi connectivity index (χ0n) is 12.7. The predicted octanol–water partition coefficient (Wildman–Crippen LogP) is 2.76. The van der Waals surface area contributed by atoms with E-state index in [2.05, 4.69) is 10.6 Å². The Morgan fingerprint density at radius 1 is 1.20 bits per heavy atom. The first kappa shape index (κ1) is 16.8. The minimum Gasteiger partial charge on any atom is -0.481 e. The molecule has 0 saturated heterocycles. The van der Waals surface area contributed by atoms with Gasteiger partial charge >= 0.3 is 12.0 Å². The second-order valence-electron chi connectivity index (χ2n) is 6.08. The van der Waals surface area contributed by atoms with Crippen molar-refractivity contribution in [2.24, 2.45) is 11.8 Å². The van der Waals surface area contributed by atoms with Crippen LogP contribution in [0.15, 0.2) is 0 Å². The molecule has 1 aliphatic rings. The van der Waals surface area contributed by atoms with E-state index in [0.717, 1.165) is 19.4 Å². The van der Waals surface area contributed by atoms with Crippen molar-refractivity contribution in [3.8, 4) is 0 Å². The minimum atomic E-state index is -0.750. The number of amides is 2. The fourth-order valence-electron chi connectivity index (χ4n) is 2.65. The summed E-state index contributed by atoms with van der Waals surface area (Å²) in [6.45, 7) is 4.45. The molecule has 2 atom stereocenters. The Balaban J connectivity index is 2.06. The third-order valence-corrected chi connectivity index (χ3v) is 4.10. The average molecular weight is 284 g/mol. The van der Waals surface area contributed by atoms with Crippen LogP contribution in [0, 0.1) is 11.8 Å². The summed E-state index contributed by atoms with van der Waals surface area (Å²) in [5.41, 5.74) is 0. The van der Waals surface area contributed by atoms with Gasteiger partial charge in [0, 0.05) is 12.6 Å². The number of carboxylic acids is 1. The molecule has 0 spiro atoms. The van der Waals surface area contributed by atoms with Crippen LogP contribution in [0.5, 0.6) is 0 Å². The first-order chi connectivity index (χ1) is 9.49. The van der Waals surface area contributed by atoms with Crippen LogP contribution >= 0.6 is 0 Å². The molecule has 0 aromatic heterocycles. The number of aliphatic carboxylic acids is 1. The van der Waals surface area contributed by atoms with E-state index in [1.165, 1.54) is 25.7 Å². The van der Waals surface area contributed by atoms with Crippen LogP contribution in [0.3, 0.4) is 0 Å². The first-order valence-electron chi connectivity index (χ1n) is 7.76. The molecule has 0 radical (unpaired) electrons. The Bertz CT molecular complexity index is 314. The zero-order chi connectivity index (χ0) is 15.0. The third kappa shape index (κ3) is 6.78.